The van der Waals surface area contributed by atoms with Gasteiger partial charge in [-0.2, -0.15) is 0 Å². The molecule has 0 aliphatic carbocycles. The lowest BCUT2D eigenvalue weighted by molar-refractivity contribution is 0.229. The van der Waals surface area contributed by atoms with E-state index in [1.807, 2.05) is 42.6 Å². The summed E-state index contributed by atoms with van der Waals surface area (Å²) < 4.78 is 21.0. The molecule has 2 heterocycles. The van der Waals surface area contributed by atoms with Crippen LogP contribution in [-0.4, -0.2) is 46.3 Å². The number of halogens is 1. The Balaban J connectivity index is 1.46. The number of guanidine groups is 1. The van der Waals surface area contributed by atoms with E-state index in [4.69, 9.17) is 4.74 Å². The number of hydrogen-bond donors (Lipinski definition) is 2. The summed E-state index contributed by atoms with van der Waals surface area (Å²) in [6.07, 6.45) is 3.52. The number of fused-ring (bicyclic) bond motifs is 1. The third-order valence-corrected chi connectivity index (χ3v) is 4.24. The van der Waals surface area contributed by atoms with Crippen molar-refractivity contribution in [1.29, 1.82) is 0 Å². The SMILES string of the molecule is CCNC(=NCC(C)Oc1cccc(F)c1)NCCCc1nnc2ccccn12. The summed E-state index contributed by atoms with van der Waals surface area (Å²) >= 11 is 0. The number of hydrogen-bond acceptors (Lipinski definition) is 4. The van der Waals surface area contributed by atoms with Crippen molar-refractivity contribution in [3.8, 4) is 5.75 Å². The molecule has 2 aromatic heterocycles. The molecule has 0 radical (unpaired) electrons. The molecular weight excluding hydrogens is 371 g/mol. The van der Waals surface area contributed by atoms with E-state index < -0.39 is 0 Å². The number of aryl methyl sites for hydroxylation is 1. The molecule has 154 valence electrons. The van der Waals surface area contributed by atoms with Crippen LogP contribution in [0.1, 0.15) is 26.1 Å². The van der Waals surface area contributed by atoms with Gasteiger partial charge in [-0.1, -0.05) is 12.1 Å². The molecule has 1 aromatic carbocycles. The van der Waals surface area contributed by atoms with Crippen molar-refractivity contribution in [3.05, 3.63) is 60.3 Å². The number of aromatic nitrogens is 3. The van der Waals surface area contributed by atoms with Gasteiger partial charge in [-0.05, 0) is 44.5 Å². The second-order valence-corrected chi connectivity index (χ2v) is 6.68. The van der Waals surface area contributed by atoms with Crippen LogP contribution in [0.4, 0.5) is 4.39 Å². The van der Waals surface area contributed by atoms with Gasteiger partial charge in [-0.15, -0.1) is 10.2 Å². The quantitative estimate of drug-likeness (QED) is 0.329. The third kappa shape index (κ3) is 6.17. The molecule has 0 saturated carbocycles. The first-order chi connectivity index (χ1) is 14.2. The highest BCUT2D eigenvalue weighted by Gasteiger charge is 2.07. The van der Waals surface area contributed by atoms with Crippen LogP contribution in [-0.2, 0) is 6.42 Å². The molecule has 29 heavy (non-hydrogen) atoms. The standard InChI is InChI=1S/C21H27FN6O/c1-3-23-21(25-15-16(2)29-18-9-6-8-17(22)14-18)24-12-7-11-20-27-26-19-10-4-5-13-28(19)20/h4-6,8-10,13-14,16H,3,7,11-12,15H2,1-2H3,(H2,23,24,25). The van der Waals surface area contributed by atoms with Gasteiger partial charge in [0.05, 0.1) is 6.54 Å². The summed E-state index contributed by atoms with van der Waals surface area (Å²) in [6, 6.07) is 12.0. The van der Waals surface area contributed by atoms with E-state index in [0.29, 0.717) is 12.3 Å². The zero-order valence-electron chi connectivity index (χ0n) is 16.8. The second-order valence-electron chi connectivity index (χ2n) is 6.68. The van der Waals surface area contributed by atoms with Crippen molar-refractivity contribution in [2.24, 2.45) is 4.99 Å². The predicted octanol–water partition coefficient (Wildman–Crippen LogP) is 2.82. The summed E-state index contributed by atoms with van der Waals surface area (Å²) in [4.78, 5) is 4.56. The first kappa shape index (κ1) is 20.6. The molecule has 0 saturated heterocycles. The molecule has 3 rings (SSSR count). The van der Waals surface area contributed by atoms with Crippen molar-refractivity contribution < 1.29 is 9.13 Å². The van der Waals surface area contributed by atoms with Gasteiger partial charge >= 0.3 is 0 Å². The Kier molecular flexibility index (Phi) is 7.38. The van der Waals surface area contributed by atoms with Crippen LogP contribution in [0.5, 0.6) is 5.75 Å². The summed E-state index contributed by atoms with van der Waals surface area (Å²) in [5.74, 6) is 1.87. The van der Waals surface area contributed by atoms with E-state index in [-0.39, 0.29) is 11.9 Å². The Morgan fingerprint density at radius 3 is 2.93 bits per heavy atom. The number of nitrogens with one attached hydrogen (secondary N) is 2. The first-order valence-corrected chi connectivity index (χ1v) is 9.88. The van der Waals surface area contributed by atoms with Crippen LogP contribution in [0.3, 0.4) is 0 Å². The van der Waals surface area contributed by atoms with Gasteiger partial charge in [0, 0.05) is 31.8 Å². The summed E-state index contributed by atoms with van der Waals surface area (Å²) in [6.45, 7) is 5.91. The lowest BCUT2D eigenvalue weighted by Crippen LogP contribution is -2.38. The zero-order valence-corrected chi connectivity index (χ0v) is 16.8. The molecule has 0 aliphatic heterocycles. The highest BCUT2D eigenvalue weighted by Crippen LogP contribution is 2.13. The first-order valence-electron chi connectivity index (χ1n) is 9.88. The topological polar surface area (TPSA) is 75.8 Å². The van der Waals surface area contributed by atoms with Crippen molar-refractivity contribution in [2.45, 2.75) is 32.8 Å². The minimum absolute atomic E-state index is 0.172. The van der Waals surface area contributed by atoms with E-state index in [9.17, 15) is 4.39 Å². The third-order valence-electron chi connectivity index (χ3n) is 4.24. The lowest BCUT2D eigenvalue weighted by atomic mass is 10.3. The van der Waals surface area contributed by atoms with Gasteiger partial charge < -0.3 is 15.4 Å². The maximum Gasteiger partial charge on any atom is 0.191 e. The smallest absolute Gasteiger partial charge is 0.191 e. The Hall–Kier alpha value is -3.16. The van der Waals surface area contributed by atoms with E-state index >= 15 is 0 Å². The maximum absolute atomic E-state index is 13.3. The predicted molar refractivity (Wildman–Crippen MR) is 112 cm³/mol. The van der Waals surface area contributed by atoms with Gasteiger partial charge in [-0.25, -0.2) is 9.38 Å². The lowest BCUT2D eigenvalue weighted by Gasteiger charge is -2.15. The number of ether oxygens (including phenoxy) is 1. The molecular formula is C21H27FN6O. The second kappa shape index (κ2) is 10.4. The fourth-order valence-electron chi connectivity index (χ4n) is 2.89. The Morgan fingerprint density at radius 2 is 2.10 bits per heavy atom. The van der Waals surface area contributed by atoms with E-state index in [1.165, 1.54) is 12.1 Å². The maximum atomic E-state index is 13.3. The Labute approximate surface area is 170 Å². The Bertz CT molecular complexity index is 942. The minimum Gasteiger partial charge on any atom is -0.489 e. The Morgan fingerprint density at radius 1 is 1.21 bits per heavy atom. The van der Waals surface area contributed by atoms with Crippen molar-refractivity contribution in [2.75, 3.05) is 19.6 Å². The summed E-state index contributed by atoms with van der Waals surface area (Å²) in [7, 11) is 0. The largest absolute Gasteiger partial charge is 0.489 e. The molecule has 8 heteroatoms. The van der Waals surface area contributed by atoms with E-state index in [0.717, 1.165) is 43.4 Å². The molecule has 0 fully saturated rings. The van der Waals surface area contributed by atoms with Crippen LogP contribution in [0.2, 0.25) is 0 Å². The van der Waals surface area contributed by atoms with Gasteiger partial charge in [-0.3, -0.25) is 4.40 Å². The fourth-order valence-corrected chi connectivity index (χ4v) is 2.89. The van der Waals surface area contributed by atoms with Gasteiger partial charge in [0.15, 0.2) is 11.6 Å². The van der Waals surface area contributed by atoms with Crippen molar-refractivity contribution >= 4 is 11.6 Å². The number of benzene rings is 1. The molecule has 1 atom stereocenters. The van der Waals surface area contributed by atoms with Gasteiger partial charge in [0.2, 0.25) is 0 Å². The van der Waals surface area contributed by atoms with E-state index in [2.05, 4.69) is 25.8 Å². The number of aliphatic imine (C=N–C) groups is 1. The fraction of sp³-hybridized carbons (Fsp3) is 0.381. The molecule has 1 unspecified atom stereocenters. The molecule has 7 nitrogen and oxygen atoms in total. The van der Waals surface area contributed by atoms with Gasteiger partial charge in [0.25, 0.3) is 0 Å². The average Bonchev–Trinajstić information content (AvgIpc) is 3.12. The molecule has 2 N–H and O–H groups in total. The van der Waals surface area contributed by atoms with Crippen LogP contribution >= 0.6 is 0 Å². The van der Waals surface area contributed by atoms with Crippen molar-refractivity contribution in [1.82, 2.24) is 25.2 Å². The van der Waals surface area contributed by atoms with Crippen LogP contribution in [0, 0.1) is 5.82 Å². The van der Waals surface area contributed by atoms with Crippen LogP contribution < -0.4 is 15.4 Å². The molecule has 0 aliphatic rings. The normalized spacial score (nSPS) is 12.7. The number of rotatable bonds is 9. The number of nitrogens with zero attached hydrogens (tertiary/aromatic N) is 4. The highest BCUT2D eigenvalue weighted by atomic mass is 19.1. The molecule has 0 amide bonds. The van der Waals surface area contributed by atoms with Crippen LogP contribution in [0.15, 0.2) is 53.7 Å². The zero-order chi connectivity index (χ0) is 20.5. The highest BCUT2D eigenvalue weighted by molar-refractivity contribution is 5.79. The molecule has 0 bridgehead atoms. The summed E-state index contributed by atoms with van der Waals surface area (Å²) in [5.41, 5.74) is 0.859. The van der Waals surface area contributed by atoms with Crippen LogP contribution in [0.25, 0.3) is 5.65 Å². The van der Waals surface area contributed by atoms with Crippen molar-refractivity contribution in [3.63, 3.8) is 0 Å². The van der Waals surface area contributed by atoms with Gasteiger partial charge in [0.1, 0.15) is 23.5 Å². The number of pyridine rings is 1. The minimum atomic E-state index is -0.311. The molecule has 0 spiro atoms. The monoisotopic (exact) mass is 398 g/mol. The molecule has 3 aromatic rings. The average molecular weight is 398 g/mol. The van der Waals surface area contributed by atoms with E-state index in [1.54, 1.807) is 12.1 Å². The summed E-state index contributed by atoms with van der Waals surface area (Å²) in [5, 5.41) is 15.0.